The number of aliphatic imine (C=N–C) groups is 1. The number of nitrogens with zero attached hydrogens (tertiary/aromatic N) is 3. The number of guanidine groups is 1. The van der Waals surface area contributed by atoms with Crippen molar-refractivity contribution in [2.75, 3.05) is 20.6 Å². The van der Waals surface area contributed by atoms with E-state index in [2.05, 4.69) is 76.5 Å². The maximum Gasteiger partial charge on any atom is 0.193 e. The van der Waals surface area contributed by atoms with Crippen molar-refractivity contribution in [3.8, 4) is 0 Å². The highest BCUT2D eigenvalue weighted by atomic mass is 127. The molecule has 1 aromatic carbocycles. The van der Waals surface area contributed by atoms with E-state index in [-0.39, 0.29) is 24.0 Å². The normalized spacial score (nSPS) is 16.8. The lowest BCUT2D eigenvalue weighted by Gasteiger charge is -2.28. The molecule has 0 fully saturated rings. The lowest BCUT2D eigenvalue weighted by Crippen LogP contribution is -2.41. The van der Waals surface area contributed by atoms with Gasteiger partial charge in [-0.15, -0.1) is 24.0 Å². The summed E-state index contributed by atoms with van der Waals surface area (Å²) >= 11 is 0. The first kappa shape index (κ1) is 19.8. The van der Waals surface area contributed by atoms with Gasteiger partial charge in [0.05, 0.1) is 6.54 Å². The molecule has 1 heterocycles. The zero-order valence-corrected chi connectivity index (χ0v) is 17.7. The highest BCUT2D eigenvalue weighted by Crippen LogP contribution is 2.30. The fourth-order valence-electron chi connectivity index (χ4n) is 3.64. The van der Waals surface area contributed by atoms with Gasteiger partial charge in [-0.3, -0.25) is 4.99 Å². The summed E-state index contributed by atoms with van der Waals surface area (Å²) in [6.45, 7) is 1.80. The Kier molecular flexibility index (Phi) is 7.35. The Morgan fingerprint density at radius 1 is 1.28 bits per heavy atom. The molecule has 3 rings (SSSR count). The predicted octanol–water partition coefficient (Wildman–Crippen LogP) is 3.77. The van der Waals surface area contributed by atoms with E-state index in [9.17, 15) is 0 Å². The minimum Gasteiger partial charge on any atom is -0.356 e. The zero-order valence-electron chi connectivity index (χ0n) is 15.4. The van der Waals surface area contributed by atoms with Crippen molar-refractivity contribution in [3.05, 3.63) is 59.4 Å². The Bertz CT molecular complexity index is 707. The molecule has 0 saturated heterocycles. The van der Waals surface area contributed by atoms with Crippen molar-refractivity contribution in [1.29, 1.82) is 0 Å². The van der Waals surface area contributed by atoms with Crippen LogP contribution in [0.3, 0.4) is 0 Å². The van der Waals surface area contributed by atoms with Crippen LogP contribution in [0.25, 0.3) is 0 Å². The molecule has 136 valence electrons. The quantitative estimate of drug-likeness (QED) is 0.435. The number of nitrogens with one attached hydrogen (secondary N) is 1. The topological polar surface area (TPSA) is 32.6 Å². The van der Waals surface area contributed by atoms with E-state index in [0.717, 1.165) is 19.0 Å². The predicted molar refractivity (Wildman–Crippen MR) is 116 cm³/mol. The number of halogens is 1. The third-order valence-electron chi connectivity index (χ3n) is 5.02. The average Bonchev–Trinajstić information content (AvgIpc) is 3.00. The van der Waals surface area contributed by atoms with Gasteiger partial charge in [-0.25, -0.2) is 0 Å². The molecule has 25 heavy (non-hydrogen) atoms. The van der Waals surface area contributed by atoms with Gasteiger partial charge in [0.1, 0.15) is 0 Å². The van der Waals surface area contributed by atoms with Crippen molar-refractivity contribution in [1.82, 2.24) is 14.8 Å². The summed E-state index contributed by atoms with van der Waals surface area (Å²) in [6, 6.07) is 13.1. The van der Waals surface area contributed by atoms with Gasteiger partial charge >= 0.3 is 0 Å². The van der Waals surface area contributed by atoms with E-state index in [1.807, 2.05) is 7.05 Å². The molecule has 0 saturated carbocycles. The van der Waals surface area contributed by atoms with Crippen LogP contribution in [-0.4, -0.2) is 36.1 Å². The Morgan fingerprint density at radius 3 is 2.80 bits per heavy atom. The van der Waals surface area contributed by atoms with Crippen LogP contribution in [0.1, 0.15) is 35.6 Å². The Labute approximate surface area is 168 Å². The molecule has 1 atom stereocenters. The third kappa shape index (κ3) is 4.77. The van der Waals surface area contributed by atoms with E-state index in [1.165, 1.54) is 36.1 Å². The van der Waals surface area contributed by atoms with Gasteiger partial charge in [-0.1, -0.05) is 24.3 Å². The Hall–Kier alpha value is -1.50. The van der Waals surface area contributed by atoms with Crippen molar-refractivity contribution < 1.29 is 0 Å². The first-order valence-corrected chi connectivity index (χ1v) is 8.79. The van der Waals surface area contributed by atoms with Crippen molar-refractivity contribution in [3.63, 3.8) is 0 Å². The molecule has 2 aromatic rings. The maximum atomic E-state index is 4.46. The minimum atomic E-state index is 0. The Balaban J connectivity index is 0.00000225. The molecule has 5 heteroatoms. The summed E-state index contributed by atoms with van der Waals surface area (Å²) in [6.07, 6.45) is 5.83. The molecule has 1 unspecified atom stereocenters. The molecule has 1 aromatic heterocycles. The second-order valence-electron chi connectivity index (χ2n) is 6.68. The summed E-state index contributed by atoms with van der Waals surface area (Å²) in [5.41, 5.74) is 4.31. The summed E-state index contributed by atoms with van der Waals surface area (Å²) in [5.74, 6) is 1.54. The van der Waals surface area contributed by atoms with Crippen LogP contribution in [0.5, 0.6) is 0 Å². The van der Waals surface area contributed by atoms with Gasteiger partial charge in [0, 0.05) is 45.5 Å². The van der Waals surface area contributed by atoms with Gasteiger partial charge < -0.3 is 14.8 Å². The molecular formula is C20H29IN4. The van der Waals surface area contributed by atoms with Crippen LogP contribution in [0.4, 0.5) is 0 Å². The summed E-state index contributed by atoms with van der Waals surface area (Å²) < 4.78 is 2.15. The highest BCUT2D eigenvalue weighted by Gasteiger charge is 2.20. The standard InChI is InChI=1S/C20H28N4.HI/c1-21-20(24(3)15-18-11-7-13-23(18)2)22-14-17-10-6-9-16-8-4-5-12-19(16)17;/h4-5,7-8,11-13,17H,6,9-10,14-15H2,1-3H3,(H,21,22);1H. The van der Waals surface area contributed by atoms with Crippen molar-refractivity contribution in [2.24, 2.45) is 12.0 Å². The number of benzene rings is 1. The third-order valence-corrected chi connectivity index (χ3v) is 5.02. The van der Waals surface area contributed by atoms with Crippen LogP contribution in [0.2, 0.25) is 0 Å². The van der Waals surface area contributed by atoms with Crippen LogP contribution in [0.15, 0.2) is 47.6 Å². The van der Waals surface area contributed by atoms with Gasteiger partial charge in [0.15, 0.2) is 5.96 Å². The number of hydrogen-bond acceptors (Lipinski definition) is 1. The van der Waals surface area contributed by atoms with E-state index in [4.69, 9.17) is 0 Å². The summed E-state index contributed by atoms with van der Waals surface area (Å²) in [5, 5.41) is 3.58. The molecule has 0 amide bonds. The zero-order chi connectivity index (χ0) is 16.9. The second-order valence-corrected chi connectivity index (χ2v) is 6.68. The van der Waals surface area contributed by atoms with E-state index in [0.29, 0.717) is 5.92 Å². The summed E-state index contributed by atoms with van der Waals surface area (Å²) in [7, 11) is 6.04. The van der Waals surface area contributed by atoms with Gasteiger partial charge in [-0.2, -0.15) is 0 Å². The van der Waals surface area contributed by atoms with Crippen molar-refractivity contribution >= 4 is 29.9 Å². The van der Waals surface area contributed by atoms with E-state index >= 15 is 0 Å². The molecule has 1 aliphatic rings. The van der Waals surface area contributed by atoms with Gasteiger partial charge in [-0.05, 0) is 42.5 Å². The second kappa shape index (κ2) is 9.27. The van der Waals surface area contributed by atoms with Crippen LogP contribution in [-0.2, 0) is 20.0 Å². The lowest BCUT2D eigenvalue weighted by molar-refractivity contribution is 0.451. The molecule has 1 aliphatic carbocycles. The number of aromatic nitrogens is 1. The van der Waals surface area contributed by atoms with Crippen LogP contribution >= 0.6 is 24.0 Å². The number of aryl methyl sites for hydroxylation is 2. The Morgan fingerprint density at radius 2 is 2.08 bits per heavy atom. The SMILES string of the molecule is CN=C(NCC1CCCc2ccccc21)N(C)Cc1cccn1C.I. The summed E-state index contributed by atoms with van der Waals surface area (Å²) in [4.78, 5) is 6.65. The fraction of sp³-hybridized carbons (Fsp3) is 0.450. The van der Waals surface area contributed by atoms with Crippen molar-refractivity contribution in [2.45, 2.75) is 31.7 Å². The molecule has 0 bridgehead atoms. The highest BCUT2D eigenvalue weighted by molar-refractivity contribution is 14.0. The largest absolute Gasteiger partial charge is 0.356 e. The molecular weight excluding hydrogens is 423 g/mol. The monoisotopic (exact) mass is 452 g/mol. The van der Waals surface area contributed by atoms with Gasteiger partial charge in [0.25, 0.3) is 0 Å². The number of hydrogen-bond donors (Lipinski definition) is 1. The molecule has 0 radical (unpaired) electrons. The molecule has 0 spiro atoms. The van der Waals surface area contributed by atoms with Gasteiger partial charge in [0.2, 0.25) is 0 Å². The van der Waals surface area contributed by atoms with Crippen LogP contribution in [0, 0.1) is 0 Å². The smallest absolute Gasteiger partial charge is 0.193 e. The van der Waals surface area contributed by atoms with Crippen LogP contribution < -0.4 is 5.32 Å². The number of rotatable bonds is 4. The van der Waals surface area contributed by atoms with E-state index < -0.39 is 0 Å². The fourth-order valence-corrected chi connectivity index (χ4v) is 3.64. The average molecular weight is 452 g/mol. The first-order valence-electron chi connectivity index (χ1n) is 8.79. The molecule has 4 nitrogen and oxygen atoms in total. The molecule has 1 N–H and O–H groups in total. The maximum absolute atomic E-state index is 4.46. The number of fused-ring (bicyclic) bond motifs is 1. The first-order chi connectivity index (χ1) is 11.7. The van der Waals surface area contributed by atoms with E-state index in [1.54, 1.807) is 0 Å². The minimum absolute atomic E-state index is 0. The lowest BCUT2D eigenvalue weighted by atomic mass is 9.83. The molecule has 0 aliphatic heterocycles.